The molecule has 0 amide bonds. The quantitative estimate of drug-likeness (QED) is 0.400. The smallest absolute Gasteiger partial charge is 0.0961 e. The maximum atomic E-state index is 7.00. The summed E-state index contributed by atoms with van der Waals surface area (Å²) >= 11 is 0. The second-order valence-corrected chi connectivity index (χ2v) is 8.18. The van der Waals surface area contributed by atoms with Crippen LogP contribution in [0.15, 0.2) is 61.2 Å². The molecule has 0 aliphatic heterocycles. The van der Waals surface area contributed by atoms with Gasteiger partial charge in [-0.1, -0.05) is 24.3 Å². The lowest BCUT2D eigenvalue weighted by Crippen LogP contribution is -2.11. The van der Waals surface area contributed by atoms with Crippen molar-refractivity contribution in [2.45, 2.75) is 40.8 Å². The first-order valence-electron chi connectivity index (χ1n) is 11.3. The first-order chi connectivity index (χ1) is 16.5. The highest BCUT2D eigenvalue weighted by atomic mass is 16.2. The van der Waals surface area contributed by atoms with Crippen molar-refractivity contribution in [2.24, 2.45) is 0 Å². The lowest BCUT2D eigenvalue weighted by Gasteiger charge is -2.22. The van der Waals surface area contributed by atoms with Gasteiger partial charge < -0.3 is 19.3 Å². The second kappa shape index (κ2) is 11.1. The third-order valence-corrected chi connectivity index (χ3v) is 6.65. The Labute approximate surface area is 201 Å². The standard InChI is InChI=1S/C26H26N4.2CH4O/c1-17-18(2)22(14-30-16-28-24-10-6-8-12-26(24)30)20(4)19(3)21(17)13-29-15-27-23-9-5-7-11-25(23)29;2*1-2/h5-12,15-16H,13-14H2,1-4H3;2*2H,1H3. The number of benzene rings is 3. The molecule has 34 heavy (non-hydrogen) atoms. The topological polar surface area (TPSA) is 76.1 Å². The number of aliphatic hydroxyl groups excluding tert-OH is 2. The van der Waals surface area contributed by atoms with Crippen molar-refractivity contribution < 1.29 is 10.2 Å². The first-order valence-corrected chi connectivity index (χ1v) is 11.3. The number of aliphatic hydroxyl groups is 2. The molecule has 0 fully saturated rings. The fourth-order valence-electron chi connectivity index (χ4n) is 4.56. The van der Waals surface area contributed by atoms with Crippen molar-refractivity contribution in [3.63, 3.8) is 0 Å². The van der Waals surface area contributed by atoms with Gasteiger partial charge in [0.1, 0.15) is 0 Å². The van der Waals surface area contributed by atoms with Crippen LogP contribution in [0.25, 0.3) is 22.1 Å². The highest BCUT2D eigenvalue weighted by Crippen LogP contribution is 2.29. The Kier molecular flexibility index (Phi) is 8.21. The van der Waals surface area contributed by atoms with Crippen LogP contribution < -0.4 is 0 Å². The number of hydrogen-bond donors (Lipinski definition) is 2. The van der Waals surface area contributed by atoms with Crippen LogP contribution >= 0.6 is 0 Å². The van der Waals surface area contributed by atoms with Crippen LogP contribution in [0.3, 0.4) is 0 Å². The van der Waals surface area contributed by atoms with E-state index in [1.54, 1.807) is 0 Å². The zero-order valence-electron chi connectivity index (χ0n) is 20.9. The normalized spacial score (nSPS) is 10.6. The minimum absolute atomic E-state index is 0.841. The van der Waals surface area contributed by atoms with Gasteiger partial charge in [-0.05, 0) is 85.3 Å². The van der Waals surface area contributed by atoms with Crippen molar-refractivity contribution in [1.29, 1.82) is 0 Å². The van der Waals surface area contributed by atoms with Gasteiger partial charge in [-0.15, -0.1) is 0 Å². The average Bonchev–Trinajstić information content (AvgIpc) is 3.50. The molecule has 0 unspecified atom stereocenters. The molecule has 6 heteroatoms. The summed E-state index contributed by atoms with van der Waals surface area (Å²) in [6.45, 7) is 10.7. The van der Waals surface area contributed by atoms with Crippen molar-refractivity contribution in [3.05, 3.63) is 94.6 Å². The Bertz CT molecular complexity index is 1260. The van der Waals surface area contributed by atoms with Crippen molar-refractivity contribution in [2.75, 3.05) is 14.2 Å². The largest absolute Gasteiger partial charge is 0.400 e. The number of rotatable bonds is 4. The minimum atomic E-state index is 0.841. The molecule has 0 aliphatic carbocycles. The summed E-state index contributed by atoms with van der Waals surface area (Å²) in [4.78, 5) is 9.14. The summed E-state index contributed by atoms with van der Waals surface area (Å²) in [7, 11) is 2.00. The van der Waals surface area contributed by atoms with Gasteiger partial charge >= 0.3 is 0 Å². The van der Waals surface area contributed by atoms with Crippen LogP contribution in [0.2, 0.25) is 0 Å². The first kappa shape index (κ1) is 25.1. The van der Waals surface area contributed by atoms with E-state index in [0.717, 1.165) is 38.3 Å². The summed E-state index contributed by atoms with van der Waals surface area (Å²) in [5, 5.41) is 14.0. The van der Waals surface area contributed by atoms with E-state index in [0.29, 0.717) is 0 Å². The van der Waals surface area contributed by atoms with Gasteiger partial charge in [0.15, 0.2) is 0 Å². The monoisotopic (exact) mass is 458 g/mol. The fourth-order valence-corrected chi connectivity index (χ4v) is 4.56. The van der Waals surface area contributed by atoms with Gasteiger partial charge in [0.25, 0.3) is 0 Å². The third kappa shape index (κ3) is 4.60. The zero-order chi connectivity index (χ0) is 24.8. The van der Waals surface area contributed by atoms with Gasteiger partial charge in [0.2, 0.25) is 0 Å². The predicted molar refractivity (Wildman–Crippen MR) is 139 cm³/mol. The van der Waals surface area contributed by atoms with E-state index in [1.807, 2.05) is 24.8 Å². The molecule has 0 radical (unpaired) electrons. The van der Waals surface area contributed by atoms with Crippen LogP contribution in [0, 0.1) is 27.7 Å². The number of para-hydroxylation sites is 4. The molecular formula is C28H34N4O2. The molecular weight excluding hydrogens is 424 g/mol. The maximum absolute atomic E-state index is 7.00. The highest BCUT2D eigenvalue weighted by Gasteiger charge is 2.17. The maximum Gasteiger partial charge on any atom is 0.0961 e. The van der Waals surface area contributed by atoms with E-state index >= 15 is 0 Å². The van der Waals surface area contributed by atoms with Gasteiger partial charge in [-0.3, -0.25) is 0 Å². The molecule has 2 N–H and O–H groups in total. The Hall–Kier alpha value is -3.48. The summed E-state index contributed by atoms with van der Waals surface area (Å²) in [5.74, 6) is 0. The number of aromatic nitrogens is 4. The van der Waals surface area contributed by atoms with Crippen molar-refractivity contribution >= 4 is 22.1 Å². The molecule has 2 aromatic heterocycles. The third-order valence-electron chi connectivity index (χ3n) is 6.65. The average molecular weight is 459 g/mol. The molecule has 6 nitrogen and oxygen atoms in total. The highest BCUT2D eigenvalue weighted by molar-refractivity contribution is 5.76. The van der Waals surface area contributed by atoms with Crippen LogP contribution in [-0.4, -0.2) is 43.5 Å². The van der Waals surface area contributed by atoms with Gasteiger partial charge in [0, 0.05) is 27.3 Å². The summed E-state index contributed by atoms with van der Waals surface area (Å²) < 4.78 is 4.51. The molecule has 0 spiro atoms. The summed E-state index contributed by atoms with van der Waals surface area (Å²) in [6.07, 6.45) is 3.92. The number of imidazole rings is 2. The van der Waals surface area contributed by atoms with Gasteiger partial charge in [-0.2, -0.15) is 0 Å². The van der Waals surface area contributed by atoms with E-state index in [4.69, 9.17) is 10.2 Å². The van der Waals surface area contributed by atoms with Crippen molar-refractivity contribution in [3.8, 4) is 0 Å². The molecule has 2 heterocycles. The second-order valence-electron chi connectivity index (χ2n) is 8.18. The molecule has 0 saturated heterocycles. The van der Waals surface area contributed by atoms with E-state index in [9.17, 15) is 0 Å². The number of nitrogens with zero attached hydrogens (tertiary/aromatic N) is 4. The Balaban J connectivity index is 0.000000771. The van der Waals surface area contributed by atoms with Crippen LogP contribution in [0.1, 0.15) is 33.4 Å². The summed E-state index contributed by atoms with van der Waals surface area (Å²) in [6, 6.07) is 16.7. The van der Waals surface area contributed by atoms with E-state index in [2.05, 4.69) is 83.2 Å². The number of fused-ring (bicyclic) bond motifs is 2. The van der Waals surface area contributed by atoms with Crippen molar-refractivity contribution in [1.82, 2.24) is 19.1 Å². The molecule has 0 atom stereocenters. The van der Waals surface area contributed by atoms with E-state index in [1.165, 1.54) is 44.4 Å². The predicted octanol–water partition coefficient (Wildman–Crippen LogP) is 4.93. The van der Waals surface area contributed by atoms with Crippen LogP contribution in [0.5, 0.6) is 0 Å². The Morgan fingerprint density at radius 1 is 0.559 bits per heavy atom. The molecule has 0 bridgehead atoms. The fraction of sp³-hybridized carbons (Fsp3) is 0.286. The Morgan fingerprint density at radius 3 is 1.24 bits per heavy atom. The Morgan fingerprint density at radius 2 is 0.882 bits per heavy atom. The van der Waals surface area contributed by atoms with Gasteiger partial charge in [-0.25, -0.2) is 9.97 Å². The molecule has 178 valence electrons. The van der Waals surface area contributed by atoms with E-state index < -0.39 is 0 Å². The molecule has 5 aromatic rings. The molecule has 0 saturated carbocycles. The lowest BCUT2D eigenvalue weighted by atomic mass is 9.88. The van der Waals surface area contributed by atoms with E-state index in [-0.39, 0.29) is 0 Å². The SMILES string of the molecule is CO.CO.Cc1c(C)c(Cn2cnc3ccccc32)c(C)c(C)c1Cn1cnc2ccccc21. The number of hydrogen-bond acceptors (Lipinski definition) is 4. The zero-order valence-corrected chi connectivity index (χ0v) is 20.9. The van der Waals surface area contributed by atoms with Crippen LogP contribution in [-0.2, 0) is 13.1 Å². The summed E-state index contributed by atoms with van der Waals surface area (Å²) in [5.41, 5.74) is 12.7. The molecule has 3 aromatic carbocycles. The van der Waals surface area contributed by atoms with Crippen LogP contribution in [0.4, 0.5) is 0 Å². The minimum Gasteiger partial charge on any atom is -0.400 e. The lowest BCUT2D eigenvalue weighted by molar-refractivity contribution is 0.399. The molecule has 0 aliphatic rings. The van der Waals surface area contributed by atoms with Gasteiger partial charge in [0.05, 0.1) is 34.7 Å². The molecule has 5 rings (SSSR count).